The molecule has 2 heterocycles. The molecule has 7 heteroatoms. The summed E-state index contributed by atoms with van der Waals surface area (Å²) in [6.07, 6.45) is 6.10. The third kappa shape index (κ3) is 7.24. The number of ketones is 1. The summed E-state index contributed by atoms with van der Waals surface area (Å²) in [5.41, 5.74) is 1.65. The van der Waals surface area contributed by atoms with E-state index in [0.717, 1.165) is 26.4 Å². The number of esters is 1. The SMILES string of the molecule is CC1=CC[C@@H](C(C)=Cc2nc3ccccc3s2)OC(=O)C[C@H](O)C(C)(C)C(=O)[C@H](C)[C@@H](O)[C@@H](C)C=CC1. The lowest BCUT2D eigenvalue weighted by molar-refractivity contribution is -0.154. The molecule has 0 amide bonds. The number of carbonyl (C=O) groups is 2. The zero-order chi connectivity index (χ0) is 27.3. The van der Waals surface area contributed by atoms with Crippen LogP contribution < -0.4 is 0 Å². The molecule has 1 aromatic carbocycles. The number of cyclic esters (lactones) is 1. The summed E-state index contributed by atoms with van der Waals surface area (Å²) in [6, 6.07) is 7.92. The predicted molar refractivity (Wildman–Crippen MR) is 149 cm³/mol. The van der Waals surface area contributed by atoms with Crippen LogP contribution in [-0.2, 0) is 14.3 Å². The third-order valence-electron chi connectivity index (χ3n) is 7.30. The number of carbonyl (C=O) groups excluding carboxylic acids is 2. The molecule has 0 radical (unpaired) electrons. The number of allylic oxidation sites excluding steroid dienone is 2. The van der Waals surface area contributed by atoms with Crippen LogP contribution in [0.3, 0.4) is 0 Å². The molecular formula is C30H39NO5S. The molecule has 200 valence electrons. The summed E-state index contributed by atoms with van der Waals surface area (Å²) in [7, 11) is 0. The van der Waals surface area contributed by atoms with E-state index in [4.69, 9.17) is 4.74 Å². The zero-order valence-corrected chi connectivity index (χ0v) is 23.4. The smallest absolute Gasteiger partial charge is 0.309 e. The Bertz CT molecular complexity index is 1170. The van der Waals surface area contributed by atoms with Crippen LogP contribution in [0.2, 0.25) is 0 Å². The quantitative estimate of drug-likeness (QED) is 0.375. The van der Waals surface area contributed by atoms with Gasteiger partial charge in [0.15, 0.2) is 0 Å². The highest BCUT2D eigenvalue weighted by atomic mass is 32.1. The van der Waals surface area contributed by atoms with Crippen LogP contribution in [0, 0.1) is 17.3 Å². The maximum absolute atomic E-state index is 13.2. The highest BCUT2D eigenvalue weighted by Crippen LogP contribution is 2.32. The van der Waals surface area contributed by atoms with Crippen LogP contribution in [0.5, 0.6) is 0 Å². The Morgan fingerprint density at radius 2 is 1.89 bits per heavy atom. The van der Waals surface area contributed by atoms with Crippen molar-refractivity contribution in [2.75, 3.05) is 0 Å². The summed E-state index contributed by atoms with van der Waals surface area (Å²) in [4.78, 5) is 30.8. The van der Waals surface area contributed by atoms with Gasteiger partial charge in [0.1, 0.15) is 16.9 Å². The first-order valence-electron chi connectivity index (χ1n) is 12.9. The first-order valence-corrected chi connectivity index (χ1v) is 13.7. The number of nitrogens with zero attached hydrogens (tertiary/aromatic N) is 1. The summed E-state index contributed by atoms with van der Waals surface area (Å²) in [5, 5.41) is 22.5. The van der Waals surface area contributed by atoms with Crippen LogP contribution in [0.25, 0.3) is 16.3 Å². The normalized spacial score (nSPS) is 28.7. The fourth-order valence-corrected chi connectivity index (χ4v) is 5.50. The molecule has 3 rings (SSSR count). The van der Waals surface area contributed by atoms with Gasteiger partial charge in [0.2, 0.25) is 0 Å². The van der Waals surface area contributed by atoms with Gasteiger partial charge in [0.25, 0.3) is 0 Å². The van der Waals surface area contributed by atoms with Crippen molar-refractivity contribution in [3.63, 3.8) is 0 Å². The van der Waals surface area contributed by atoms with Crippen molar-refractivity contribution in [2.24, 2.45) is 17.3 Å². The third-order valence-corrected chi connectivity index (χ3v) is 8.28. The summed E-state index contributed by atoms with van der Waals surface area (Å²) >= 11 is 1.57. The second-order valence-electron chi connectivity index (χ2n) is 10.7. The number of aliphatic hydroxyl groups excluding tert-OH is 2. The predicted octanol–water partition coefficient (Wildman–Crippen LogP) is 5.89. The Balaban J connectivity index is 1.91. The van der Waals surface area contributed by atoms with Crippen molar-refractivity contribution in [2.45, 2.75) is 79.1 Å². The molecule has 0 saturated heterocycles. The van der Waals surface area contributed by atoms with Crippen LogP contribution in [0.15, 0.2) is 53.6 Å². The van der Waals surface area contributed by atoms with E-state index in [1.54, 1.807) is 32.1 Å². The molecule has 2 aromatic rings. The Hall–Kier alpha value is -2.61. The average Bonchev–Trinajstić information content (AvgIpc) is 3.26. The maximum Gasteiger partial charge on any atom is 0.309 e. The fourth-order valence-electron chi connectivity index (χ4n) is 4.52. The highest BCUT2D eigenvalue weighted by molar-refractivity contribution is 7.19. The molecule has 0 bridgehead atoms. The van der Waals surface area contributed by atoms with E-state index in [2.05, 4.69) is 11.1 Å². The second kappa shape index (κ2) is 12.3. The minimum absolute atomic E-state index is 0.232. The lowest BCUT2D eigenvalue weighted by atomic mass is 9.73. The lowest BCUT2D eigenvalue weighted by Crippen LogP contribution is -2.45. The number of thiazole rings is 1. The Kier molecular flexibility index (Phi) is 9.62. The second-order valence-corrected chi connectivity index (χ2v) is 11.8. The van der Waals surface area contributed by atoms with E-state index in [1.165, 1.54) is 0 Å². The van der Waals surface area contributed by atoms with Crippen LogP contribution in [0.1, 0.15) is 65.8 Å². The minimum atomic E-state index is -1.24. The molecule has 0 unspecified atom stereocenters. The van der Waals surface area contributed by atoms with Gasteiger partial charge < -0.3 is 14.9 Å². The van der Waals surface area contributed by atoms with Gasteiger partial charge in [-0.3, -0.25) is 9.59 Å². The number of aromatic nitrogens is 1. The van der Waals surface area contributed by atoms with Gasteiger partial charge in [0, 0.05) is 18.3 Å². The fraction of sp³-hybridized carbons (Fsp3) is 0.500. The molecule has 0 fully saturated rings. The number of ether oxygens (including phenoxy) is 1. The molecule has 5 atom stereocenters. The lowest BCUT2D eigenvalue weighted by Gasteiger charge is -2.34. The number of rotatable bonds is 2. The largest absolute Gasteiger partial charge is 0.457 e. The van der Waals surface area contributed by atoms with E-state index >= 15 is 0 Å². The molecule has 0 aliphatic carbocycles. The molecule has 0 spiro atoms. The zero-order valence-electron chi connectivity index (χ0n) is 22.6. The van der Waals surface area contributed by atoms with Crippen LogP contribution >= 0.6 is 11.3 Å². The van der Waals surface area contributed by atoms with E-state index in [1.807, 2.05) is 63.3 Å². The molecule has 37 heavy (non-hydrogen) atoms. The van der Waals surface area contributed by atoms with Gasteiger partial charge in [-0.05, 0) is 44.1 Å². The molecule has 1 aliphatic heterocycles. The number of Topliss-reactive ketones (excluding diaryl/α,β-unsaturated/α-hetero) is 1. The van der Waals surface area contributed by atoms with Gasteiger partial charge in [-0.1, -0.05) is 63.6 Å². The van der Waals surface area contributed by atoms with Crippen molar-refractivity contribution in [1.29, 1.82) is 0 Å². The standard InChI is InChI=1S/C30H39NO5S/c1-18-10-9-11-19(2)28(34)21(4)29(35)30(5,6)25(32)17-27(33)36-23(15-14-18)20(3)16-26-31-22-12-7-8-13-24(22)37-26/h7-9,11-14,16,19,21,23,25,28,32,34H,10,15,17H2,1-6H3/t19-,21+,23-,25-,28-/m0/s1. The van der Waals surface area contributed by atoms with Crippen LogP contribution in [0.4, 0.5) is 0 Å². The number of hydrogen-bond donors (Lipinski definition) is 2. The summed E-state index contributed by atoms with van der Waals surface area (Å²) in [5.74, 6) is -1.79. The van der Waals surface area contributed by atoms with Crippen molar-refractivity contribution in [3.8, 4) is 0 Å². The molecule has 0 saturated carbocycles. The monoisotopic (exact) mass is 525 g/mol. The molecule has 6 nitrogen and oxygen atoms in total. The Morgan fingerprint density at radius 3 is 2.59 bits per heavy atom. The van der Waals surface area contributed by atoms with Gasteiger partial charge in [-0.15, -0.1) is 11.3 Å². The number of aliphatic hydroxyl groups is 2. The number of benzene rings is 1. The first-order chi connectivity index (χ1) is 17.4. The van der Waals surface area contributed by atoms with E-state index in [0.29, 0.717) is 12.8 Å². The Labute approximate surface area is 223 Å². The number of fused-ring (bicyclic) bond motifs is 1. The van der Waals surface area contributed by atoms with E-state index < -0.39 is 35.6 Å². The minimum Gasteiger partial charge on any atom is -0.457 e. The number of para-hydroxylation sites is 1. The molecule has 1 aromatic heterocycles. The van der Waals surface area contributed by atoms with Crippen molar-refractivity contribution < 1.29 is 24.5 Å². The van der Waals surface area contributed by atoms with Gasteiger partial charge >= 0.3 is 5.97 Å². The summed E-state index contributed by atoms with van der Waals surface area (Å²) < 4.78 is 6.94. The maximum atomic E-state index is 13.2. The number of hydrogen-bond acceptors (Lipinski definition) is 7. The van der Waals surface area contributed by atoms with Gasteiger partial charge in [-0.2, -0.15) is 0 Å². The highest BCUT2D eigenvalue weighted by Gasteiger charge is 2.42. The average molecular weight is 526 g/mol. The van der Waals surface area contributed by atoms with E-state index in [9.17, 15) is 19.8 Å². The molecule has 1 aliphatic rings. The molecule has 2 N–H and O–H groups in total. The van der Waals surface area contributed by atoms with Crippen molar-refractivity contribution in [1.82, 2.24) is 4.98 Å². The first kappa shape index (κ1) is 29.0. The topological polar surface area (TPSA) is 96.7 Å². The van der Waals surface area contributed by atoms with Gasteiger partial charge in [0.05, 0.1) is 34.3 Å². The van der Waals surface area contributed by atoms with Crippen molar-refractivity contribution in [3.05, 3.63) is 58.6 Å². The Morgan fingerprint density at radius 1 is 1.19 bits per heavy atom. The van der Waals surface area contributed by atoms with E-state index in [-0.39, 0.29) is 18.1 Å². The summed E-state index contributed by atoms with van der Waals surface area (Å²) in [6.45, 7) is 10.7. The van der Waals surface area contributed by atoms with Crippen molar-refractivity contribution >= 4 is 39.4 Å². The molecular weight excluding hydrogens is 486 g/mol. The van der Waals surface area contributed by atoms with Crippen LogP contribution in [-0.4, -0.2) is 45.3 Å². The van der Waals surface area contributed by atoms with Gasteiger partial charge in [-0.25, -0.2) is 4.98 Å².